The molecule has 56 valence electrons. The average molecular weight is 157 g/mol. The fourth-order valence-corrected chi connectivity index (χ4v) is 3.10. The first kappa shape index (κ1) is 6.53. The maximum Gasteiger partial charge on any atom is 0.221 e. The molecule has 0 aliphatic carbocycles. The Morgan fingerprint density at radius 3 is 3.10 bits per heavy atom. The molecule has 2 saturated heterocycles. The van der Waals surface area contributed by atoms with Gasteiger partial charge in [-0.2, -0.15) is 11.8 Å². The van der Waals surface area contributed by atoms with E-state index in [9.17, 15) is 4.79 Å². The minimum absolute atomic E-state index is 0.250. The lowest BCUT2D eigenvalue weighted by Crippen LogP contribution is -2.29. The molecule has 2 fully saturated rings. The van der Waals surface area contributed by atoms with Crippen LogP contribution < -0.4 is 5.32 Å². The Hall–Kier alpha value is -0.180. The molecule has 2 aliphatic rings. The van der Waals surface area contributed by atoms with Crippen LogP contribution in [0.5, 0.6) is 0 Å². The third kappa shape index (κ3) is 1.15. The summed E-state index contributed by atoms with van der Waals surface area (Å²) in [6.45, 7) is 0.903. The van der Waals surface area contributed by atoms with E-state index >= 15 is 0 Å². The van der Waals surface area contributed by atoms with Crippen LogP contribution in [-0.2, 0) is 4.79 Å². The summed E-state index contributed by atoms with van der Waals surface area (Å²) in [7, 11) is 0. The number of thioether (sulfide) groups is 1. The second-order valence-corrected chi connectivity index (χ2v) is 4.57. The Kier molecular flexibility index (Phi) is 1.60. The van der Waals surface area contributed by atoms with E-state index in [1.165, 1.54) is 12.8 Å². The van der Waals surface area contributed by atoms with Crippen LogP contribution in [0.3, 0.4) is 0 Å². The second kappa shape index (κ2) is 2.46. The molecular weight excluding hydrogens is 146 g/mol. The van der Waals surface area contributed by atoms with Crippen molar-refractivity contribution in [3.8, 4) is 0 Å². The van der Waals surface area contributed by atoms with Crippen LogP contribution in [0.2, 0.25) is 0 Å². The van der Waals surface area contributed by atoms with E-state index in [0.29, 0.717) is 5.25 Å². The maximum absolute atomic E-state index is 10.9. The molecule has 0 radical (unpaired) electrons. The fraction of sp³-hybridized carbons (Fsp3) is 0.857. The zero-order valence-electron chi connectivity index (χ0n) is 5.80. The summed E-state index contributed by atoms with van der Waals surface area (Å²) >= 11 is 1.99. The number of nitrogens with one attached hydrogen (secondary N) is 1. The monoisotopic (exact) mass is 157 g/mol. The number of carbonyl (C=O) groups excluding carboxylic acids is 1. The standard InChI is InChI=1S/C7H11NOS/c9-7-3-5-1-2-6(10-5)4-8-7/h5-6H,1-4H2,(H,8,9). The van der Waals surface area contributed by atoms with Gasteiger partial charge in [-0.3, -0.25) is 4.79 Å². The predicted molar refractivity (Wildman–Crippen MR) is 42.0 cm³/mol. The molecule has 2 rings (SSSR count). The molecular formula is C7H11NOS. The molecule has 2 unspecified atom stereocenters. The summed E-state index contributed by atoms with van der Waals surface area (Å²) in [6.07, 6.45) is 3.31. The Morgan fingerprint density at radius 2 is 2.20 bits per heavy atom. The van der Waals surface area contributed by atoms with Crippen LogP contribution in [0.15, 0.2) is 0 Å². The van der Waals surface area contributed by atoms with Gasteiger partial charge in [-0.15, -0.1) is 0 Å². The third-order valence-electron chi connectivity index (χ3n) is 2.14. The van der Waals surface area contributed by atoms with E-state index in [2.05, 4.69) is 5.32 Å². The van der Waals surface area contributed by atoms with Gasteiger partial charge in [0.1, 0.15) is 0 Å². The lowest BCUT2D eigenvalue weighted by molar-refractivity contribution is -0.121. The molecule has 3 heteroatoms. The highest BCUT2D eigenvalue weighted by atomic mass is 32.2. The highest BCUT2D eigenvalue weighted by molar-refractivity contribution is 8.00. The summed E-state index contributed by atoms with van der Waals surface area (Å²) in [5.41, 5.74) is 0. The smallest absolute Gasteiger partial charge is 0.221 e. The number of hydrogen-bond acceptors (Lipinski definition) is 2. The molecule has 2 heterocycles. The summed E-state index contributed by atoms with van der Waals surface area (Å²) in [6, 6.07) is 0. The van der Waals surface area contributed by atoms with Gasteiger partial charge < -0.3 is 5.32 Å². The van der Waals surface area contributed by atoms with Crippen LogP contribution >= 0.6 is 11.8 Å². The fourth-order valence-electron chi connectivity index (χ4n) is 1.59. The van der Waals surface area contributed by atoms with Crippen molar-refractivity contribution in [3.05, 3.63) is 0 Å². The van der Waals surface area contributed by atoms with Crippen molar-refractivity contribution in [2.45, 2.75) is 29.8 Å². The van der Waals surface area contributed by atoms with Crippen molar-refractivity contribution in [2.24, 2.45) is 0 Å². The Bertz CT molecular complexity index is 160. The minimum atomic E-state index is 0.250. The Balaban J connectivity index is 2.05. The molecule has 2 bridgehead atoms. The van der Waals surface area contributed by atoms with Gasteiger partial charge in [0.2, 0.25) is 5.91 Å². The molecule has 0 spiro atoms. The van der Waals surface area contributed by atoms with Crippen molar-refractivity contribution < 1.29 is 4.79 Å². The van der Waals surface area contributed by atoms with E-state index in [0.717, 1.165) is 18.2 Å². The van der Waals surface area contributed by atoms with E-state index in [1.807, 2.05) is 11.8 Å². The van der Waals surface area contributed by atoms with Crippen molar-refractivity contribution >= 4 is 17.7 Å². The van der Waals surface area contributed by atoms with Crippen molar-refractivity contribution in [1.82, 2.24) is 5.32 Å². The normalized spacial score (nSPS) is 39.0. The zero-order chi connectivity index (χ0) is 6.97. The summed E-state index contributed by atoms with van der Waals surface area (Å²) in [5, 5.41) is 4.27. The molecule has 0 aromatic heterocycles. The third-order valence-corrected chi connectivity index (χ3v) is 3.71. The Morgan fingerprint density at radius 1 is 1.40 bits per heavy atom. The predicted octanol–water partition coefficient (Wildman–Crippen LogP) is 0.771. The van der Waals surface area contributed by atoms with Gasteiger partial charge in [0, 0.05) is 23.5 Å². The number of fused-ring (bicyclic) bond motifs is 2. The maximum atomic E-state index is 10.9. The van der Waals surface area contributed by atoms with Crippen molar-refractivity contribution in [3.63, 3.8) is 0 Å². The average Bonchev–Trinajstić information content (AvgIpc) is 2.22. The quantitative estimate of drug-likeness (QED) is 0.562. The number of carbonyl (C=O) groups is 1. The molecule has 1 N–H and O–H groups in total. The van der Waals surface area contributed by atoms with Gasteiger partial charge in [0.15, 0.2) is 0 Å². The zero-order valence-corrected chi connectivity index (χ0v) is 6.62. The molecule has 0 saturated carbocycles. The lowest BCUT2D eigenvalue weighted by atomic mass is 10.1. The molecule has 1 amide bonds. The molecule has 0 aromatic carbocycles. The van der Waals surface area contributed by atoms with Crippen LogP contribution in [-0.4, -0.2) is 23.0 Å². The van der Waals surface area contributed by atoms with Gasteiger partial charge >= 0.3 is 0 Å². The number of hydrogen-bond donors (Lipinski definition) is 1. The SMILES string of the molecule is O=C1CC2CCC(CN1)S2. The van der Waals surface area contributed by atoms with Crippen LogP contribution in [0.1, 0.15) is 19.3 Å². The first-order valence-electron chi connectivity index (χ1n) is 3.77. The number of amides is 1. The van der Waals surface area contributed by atoms with Crippen LogP contribution in [0.25, 0.3) is 0 Å². The van der Waals surface area contributed by atoms with Gasteiger partial charge in [-0.1, -0.05) is 0 Å². The molecule has 0 aromatic rings. The van der Waals surface area contributed by atoms with E-state index in [1.54, 1.807) is 0 Å². The second-order valence-electron chi connectivity index (χ2n) is 2.97. The lowest BCUT2D eigenvalue weighted by Gasteiger charge is -2.06. The Labute approximate surface area is 64.8 Å². The highest BCUT2D eigenvalue weighted by Crippen LogP contribution is 2.36. The van der Waals surface area contributed by atoms with Gasteiger partial charge in [-0.05, 0) is 12.8 Å². The largest absolute Gasteiger partial charge is 0.355 e. The topological polar surface area (TPSA) is 29.1 Å². The van der Waals surface area contributed by atoms with Crippen LogP contribution in [0, 0.1) is 0 Å². The molecule has 2 atom stereocenters. The highest BCUT2D eigenvalue weighted by Gasteiger charge is 2.30. The molecule has 2 aliphatic heterocycles. The first-order valence-corrected chi connectivity index (χ1v) is 4.71. The van der Waals surface area contributed by atoms with Gasteiger partial charge in [0.05, 0.1) is 0 Å². The van der Waals surface area contributed by atoms with E-state index in [4.69, 9.17) is 0 Å². The molecule has 2 nitrogen and oxygen atoms in total. The summed E-state index contributed by atoms with van der Waals surface area (Å²) in [4.78, 5) is 10.9. The van der Waals surface area contributed by atoms with Gasteiger partial charge in [-0.25, -0.2) is 0 Å². The van der Waals surface area contributed by atoms with Crippen molar-refractivity contribution in [1.29, 1.82) is 0 Å². The summed E-state index contributed by atoms with van der Waals surface area (Å²) in [5.74, 6) is 0.250. The number of rotatable bonds is 0. The van der Waals surface area contributed by atoms with E-state index in [-0.39, 0.29) is 5.91 Å². The first-order chi connectivity index (χ1) is 4.84. The van der Waals surface area contributed by atoms with Crippen LogP contribution in [0.4, 0.5) is 0 Å². The van der Waals surface area contributed by atoms with Crippen molar-refractivity contribution in [2.75, 3.05) is 6.54 Å². The minimum Gasteiger partial charge on any atom is -0.355 e. The summed E-state index contributed by atoms with van der Waals surface area (Å²) < 4.78 is 0. The van der Waals surface area contributed by atoms with Gasteiger partial charge in [0.25, 0.3) is 0 Å². The molecule has 10 heavy (non-hydrogen) atoms. The van der Waals surface area contributed by atoms with E-state index < -0.39 is 0 Å².